The van der Waals surface area contributed by atoms with Crippen LogP contribution in [0.1, 0.15) is 38.8 Å². The van der Waals surface area contributed by atoms with Crippen molar-refractivity contribution < 1.29 is 17.9 Å². The first-order chi connectivity index (χ1) is 8.68. The number of hydrogen-bond acceptors (Lipinski definition) is 2. The fourth-order valence-electron chi connectivity index (χ4n) is 1.59. The minimum Gasteiger partial charge on any atom is -0.491 e. The first-order valence-corrected chi connectivity index (χ1v) is 6.29. The Morgan fingerprint density at radius 2 is 1.74 bits per heavy atom. The number of benzene rings is 1. The number of nitrogens with one attached hydrogen (secondary N) is 1. The van der Waals surface area contributed by atoms with Gasteiger partial charge < -0.3 is 10.1 Å². The molecule has 1 rings (SSSR count). The molecule has 0 amide bonds. The fourth-order valence-corrected chi connectivity index (χ4v) is 1.59. The summed E-state index contributed by atoms with van der Waals surface area (Å²) in [5.74, 6) is 0.255. The van der Waals surface area contributed by atoms with E-state index in [0.717, 1.165) is 12.1 Å². The lowest BCUT2D eigenvalue weighted by Crippen LogP contribution is -2.22. The molecule has 0 heterocycles. The van der Waals surface area contributed by atoms with Gasteiger partial charge in [0, 0.05) is 12.6 Å². The summed E-state index contributed by atoms with van der Waals surface area (Å²) in [7, 11) is 0. The molecule has 1 N–H and O–H groups in total. The highest BCUT2D eigenvalue weighted by Gasteiger charge is 2.31. The molecule has 0 fully saturated rings. The summed E-state index contributed by atoms with van der Waals surface area (Å²) >= 11 is 0. The molecule has 0 saturated carbocycles. The maximum atomic E-state index is 12.8. The Labute approximate surface area is 112 Å². The smallest absolute Gasteiger partial charge is 0.416 e. The van der Waals surface area contributed by atoms with E-state index in [9.17, 15) is 13.2 Å². The molecule has 19 heavy (non-hydrogen) atoms. The highest BCUT2D eigenvalue weighted by molar-refractivity contribution is 5.36. The van der Waals surface area contributed by atoms with Gasteiger partial charge in [0.25, 0.3) is 0 Å². The quantitative estimate of drug-likeness (QED) is 0.877. The zero-order valence-corrected chi connectivity index (χ0v) is 11.6. The molecule has 0 aliphatic rings. The van der Waals surface area contributed by atoms with Crippen molar-refractivity contribution in [2.45, 2.75) is 52.6 Å². The maximum absolute atomic E-state index is 12.8. The van der Waals surface area contributed by atoms with E-state index in [1.54, 1.807) is 19.9 Å². The van der Waals surface area contributed by atoms with E-state index in [1.807, 2.05) is 13.8 Å². The summed E-state index contributed by atoms with van der Waals surface area (Å²) in [5.41, 5.74) is -0.106. The molecule has 2 nitrogen and oxygen atoms in total. The molecule has 0 bridgehead atoms. The van der Waals surface area contributed by atoms with Gasteiger partial charge in [0.15, 0.2) is 0 Å². The standard InChI is InChI=1S/C14H20F3NO/c1-9(2)18-8-11-5-12(14(15,16)17)7-13(6-11)19-10(3)4/h5-7,9-10,18H,8H2,1-4H3. The molecule has 1 aromatic rings. The van der Waals surface area contributed by atoms with Crippen molar-refractivity contribution in [3.8, 4) is 5.75 Å². The molecule has 0 unspecified atom stereocenters. The van der Waals surface area contributed by atoms with Crippen LogP contribution in [0.25, 0.3) is 0 Å². The van der Waals surface area contributed by atoms with Gasteiger partial charge in [-0.25, -0.2) is 0 Å². The lowest BCUT2D eigenvalue weighted by Gasteiger charge is -2.16. The van der Waals surface area contributed by atoms with Crippen molar-refractivity contribution in [1.29, 1.82) is 0 Å². The third kappa shape index (κ3) is 5.51. The summed E-state index contributed by atoms with van der Waals surface area (Å²) in [6.07, 6.45) is -4.52. The lowest BCUT2D eigenvalue weighted by molar-refractivity contribution is -0.137. The first-order valence-electron chi connectivity index (χ1n) is 6.29. The summed E-state index contributed by atoms with van der Waals surface area (Å²) in [4.78, 5) is 0. The second-order valence-electron chi connectivity index (χ2n) is 5.07. The molecular weight excluding hydrogens is 255 g/mol. The number of alkyl halides is 3. The monoisotopic (exact) mass is 275 g/mol. The van der Waals surface area contributed by atoms with Crippen LogP contribution >= 0.6 is 0 Å². The van der Waals surface area contributed by atoms with Crippen LogP contribution in [0.5, 0.6) is 5.75 Å². The Balaban J connectivity index is 3.02. The van der Waals surface area contributed by atoms with E-state index in [2.05, 4.69) is 5.32 Å². The molecule has 5 heteroatoms. The van der Waals surface area contributed by atoms with E-state index in [0.29, 0.717) is 12.1 Å². The second-order valence-corrected chi connectivity index (χ2v) is 5.07. The Morgan fingerprint density at radius 1 is 1.11 bits per heavy atom. The first kappa shape index (κ1) is 15.8. The number of ether oxygens (including phenoxy) is 1. The summed E-state index contributed by atoms with van der Waals surface area (Å²) in [6.45, 7) is 7.84. The Hall–Kier alpha value is -1.23. The SMILES string of the molecule is CC(C)NCc1cc(OC(C)C)cc(C(F)(F)F)c1. The summed E-state index contributed by atoms with van der Waals surface area (Å²) in [5, 5.41) is 3.10. The van der Waals surface area contributed by atoms with Crippen LogP contribution in [-0.4, -0.2) is 12.1 Å². The van der Waals surface area contributed by atoms with Crippen LogP contribution in [-0.2, 0) is 12.7 Å². The zero-order chi connectivity index (χ0) is 14.6. The van der Waals surface area contributed by atoms with Crippen molar-refractivity contribution in [3.63, 3.8) is 0 Å². The van der Waals surface area contributed by atoms with Gasteiger partial charge in [-0.1, -0.05) is 13.8 Å². The van der Waals surface area contributed by atoms with Crippen LogP contribution in [0.4, 0.5) is 13.2 Å². The van der Waals surface area contributed by atoms with Crippen LogP contribution in [0.2, 0.25) is 0 Å². The van der Waals surface area contributed by atoms with Crippen molar-refractivity contribution in [3.05, 3.63) is 29.3 Å². The van der Waals surface area contributed by atoms with Crippen molar-refractivity contribution in [1.82, 2.24) is 5.32 Å². The normalized spacial score (nSPS) is 12.3. The van der Waals surface area contributed by atoms with Crippen molar-refractivity contribution in [2.75, 3.05) is 0 Å². The highest BCUT2D eigenvalue weighted by atomic mass is 19.4. The van der Waals surface area contributed by atoms with E-state index in [1.165, 1.54) is 0 Å². The number of rotatable bonds is 5. The third-order valence-electron chi connectivity index (χ3n) is 2.38. The molecule has 0 spiro atoms. The fraction of sp³-hybridized carbons (Fsp3) is 0.571. The van der Waals surface area contributed by atoms with Gasteiger partial charge in [-0.3, -0.25) is 0 Å². The van der Waals surface area contributed by atoms with Gasteiger partial charge in [-0.2, -0.15) is 13.2 Å². The Kier molecular flexibility index (Phi) is 5.23. The van der Waals surface area contributed by atoms with Gasteiger partial charge in [0.2, 0.25) is 0 Å². The molecule has 1 aromatic carbocycles. The molecule has 0 atom stereocenters. The number of halogens is 3. The van der Waals surface area contributed by atoms with Crippen molar-refractivity contribution in [2.24, 2.45) is 0 Å². The van der Waals surface area contributed by atoms with Crippen LogP contribution in [0.15, 0.2) is 18.2 Å². The van der Waals surface area contributed by atoms with Crippen LogP contribution < -0.4 is 10.1 Å². The molecular formula is C14H20F3NO. The largest absolute Gasteiger partial charge is 0.491 e. The molecule has 0 aliphatic heterocycles. The van der Waals surface area contributed by atoms with Gasteiger partial charge in [0.1, 0.15) is 5.75 Å². The summed E-state index contributed by atoms with van der Waals surface area (Å²) in [6, 6.07) is 4.05. The van der Waals surface area contributed by atoms with E-state index < -0.39 is 11.7 Å². The highest BCUT2D eigenvalue weighted by Crippen LogP contribution is 2.33. The predicted octanol–water partition coefficient (Wildman–Crippen LogP) is 3.99. The average molecular weight is 275 g/mol. The topological polar surface area (TPSA) is 21.3 Å². The minimum absolute atomic E-state index is 0.158. The second kappa shape index (κ2) is 6.28. The van der Waals surface area contributed by atoms with Crippen molar-refractivity contribution >= 4 is 0 Å². The van der Waals surface area contributed by atoms with Crippen LogP contribution in [0, 0.1) is 0 Å². The Bertz CT molecular complexity index is 414. The van der Waals surface area contributed by atoms with Gasteiger partial charge in [0.05, 0.1) is 11.7 Å². The third-order valence-corrected chi connectivity index (χ3v) is 2.38. The Morgan fingerprint density at radius 3 is 2.21 bits per heavy atom. The van der Waals surface area contributed by atoms with Gasteiger partial charge in [-0.15, -0.1) is 0 Å². The van der Waals surface area contributed by atoms with E-state index in [-0.39, 0.29) is 17.9 Å². The molecule has 0 saturated heterocycles. The molecule has 0 aliphatic carbocycles. The number of hydrogen-bond donors (Lipinski definition) is 1. The van der Waals surface area contributed by atoms with Gasteiger partial charge >= 0.3 is 6.18 Å². The predicted molar refractivity (Wildman–Crippen MR) is 69.2 cm³/mol. The average Bonchev–Trinajstić information content (AvgIpc) is 2.24. The van der Waals surface area contributed by atoms with E-state index >= 15 is 0 Å². The van der Waals surface area contributed by atoms with Crippen LogP contribution in [0.3, 0.4) is 0 Å². The summed E-state index contributed by atoms with van der Waals surface area (Å²) < 4.78 is 43.8. The molecule has 108 valence electrons. The minimum atomic E-state index is -4.36. The lowest BCUT2D eigenvalue weighted by atomic mass is 10.1. The zero-order valence-electron chi connectivity index (χ0n) is 11.6. The van der Waals surface area contributed by atoms with E-state index in [4.69, 9.17) is 4.74 Å². The molecule has 0 radical (unpaired) electrons. The van der Waals surface area contributed by atoms with Gasteiger partial charge in [-0.05, 0) is 37.6 Å². The molecule has 0 aromatic heterocycles. The maximum Gasteiger partial charge on any atom is 0.416 e.